The zero-order valence-corrected chi connectivity index (χ0v) is 10.4. The van der Waals surface area contributed by atoms with E-state index in [9.17, 15) is 13.2 Å². The summed E-state index contributed by atoms with van der Waals surface area (Å²) in [7, 11) is 0. The highest BCUT2D eigenvalue weighted by Gasteiger charge is 2.29. The molecule has 0 saturated carbocycles. The van der Waals surface area contributed by atoms with E-state index >= 15 is 0 Å². The number of hydrogen-bond acceptors (Lipinski definition) is 2. The fraction of sp³-hybridized carbons (Fsp3) is 0.308. The Bertz CT molecular complexity index is 529. The summed E-state index contributed by atoms with van der Waals surface area (Å²) in [6.07, 6.45) is -2.66. The number of benzene rings is 1. The normalized spacial score (nSPS) is 11.8. The third kappa shape index (κ3) is 3.57. The number of alkyl halides is 3. The van der Waals surface area contributed by atoms with E-state index in [-0.39, 0.29) is 0 Å². The van der Waals surface area contributed by atoms with Crippen LogP contribution in [0.15, 0.2) is 30.6 Å². The van der Waals surface area contributed by atoms with Gasteiger partial charge in [0.15, 0.2) is 0 Å². The van der Waals surface area contributed by atoms with Gasteiger partial charge >= 0.3 is 6.18 Å². The second-order valence-corrected chi connectivity index (χ2v) is 4.27. The molecule has 0 radical (unpaired) electrons. The summed E-state index contributed by atoms with van der Waals surface area (Å²) in [4.78, 5) is 7.09. The van der Waals surface area contributed by atoms with Gasteiger partial charge in [0.25, 0.3) is 0 Å². The van der Waals surface area contributed by atoms with Gasteiger partial charge in [-0.3, -0.25) is 0 Å². The van der Waals surface area contributed by atoms with E-state index in [1.54, 1.807) is 6.33 Å². The Kier molecular flexibility index (Phi) is 3.90. The van der Waals surface area contributed by atoms with Crippen molar-refractivity contribution in [2.24, 2.45) is 0 Å². The predicted molar refractivity (Wildman–Crippen MR) is 65.3 cm³/mol. The van der Waals surface area contributed by atoms with Crippen LogP contribution in [-0.4, -0.2) is 9.97 Å². The average Bonchev–Trinajstić information content (AvgIpc) is 2.75. The van der Waals surface area contributed by atoms with Crippen LogP contribution in [0.4, 0.5) is 13.2 Å². The van der Waals surface area contributed by atoms with Crippen LogP contribution in [-0.2, 0) is 19.3 Å². The number of aromatic amines is 1. The molecule has 2 rings (SSSR count). The van der Waals surface area contributed by atoms with E-state index < -0.39 is 11.7 Å². The number of halogens is 3. The Morgan fingerprint density at radius 3 is 2.37 bits per heavy atom. The second kappa shape index (κ2) is 5.44. The quantitative estimate of drug-likeness (QED) is 0.895. The molecule has 0 spiro atoms. The van der Waals surface area contributed by atoms with Gasteiger partial charge in [0, 0.05) is 18.8 Å². The summed E-state index contributed by atoms with van der Waals surface area (Å²) in [6, 6.07) is 5.15. The molecule has 0 aliphatic carbocycles. The number of nitrogens with one attached hydrogen (secondary N) is 2. The van der Waals surface area contributed by atoms with Gasteiger partial charge in [-0.15, -0.1) is 0 Å². The molecule has 2 N–H and O–H groups in total. The maximum atomic E-state index is 12.4. The lowest BCUT2D eigenvalue weighted by atomic mass is 10.1. The maximum absolute atomic E-state index is 12.4. The fourth-order valence-corrected chi connectivity index (χ4v) is 1.70. The number of hydrogen-bond donors (Lipinski definition) is 2. The SMILES string of the molecule is Cc1[nH]cnc1CNCc1ccc(C(F)(F)F)cc1. The number of rotatable bonds is 4. The van der Waals surface area contributed by atoms with Crippen molar-refractivity contribution in [3.05, 3.63) is 53.1 Å². The largest absolute Gasteiger partial charge is 0.416 e. The third-order valence-electron chi connectivity index (χ3n) is 2.84. The van der Waals surface area contributed by atoms with Crippen LogP contribution in [0.3, 0.4) is 0 Å². The Morgan fingerprint density at radius 1 is 1.16 bits per heavy atom. The van der Waals surface area contributed by atoms with Crippen molar-refractivity contribution >= 4 is 0 Å². The van der Waals surface area contributed by atoms with Crippen molar-refractivity contribution in [2.75, 3.05) is 0 Å². The molecule has 1 aromatic carbocycles. The summed E-state index contributed by atoms with van der Waals surface area (Å²) in [5.41, 5.74) is 2.08. The third-order valence-corrected chi connectivity index (χ3v) is 2.84. The van der Waals surface area contributed by atoms with Crippen LogP contribution in [0.1, 0.15) is 22.5 Å². The molecule has 2 aromatic rings. The Balaban J connectivity index is 1.89. The molecule has 0 bridgehead atoms. The van der Waals surface area contributed by atoms with Crippen LogP contribution < -0.4 is 5.32 Å². The molecule has 6 heteroatoms. The molecule has 0 atom stereocenters. The minimum absolute atomic E-state index is 0.504. The van der Waals surface area contributed by atoms with Crippen LogP contribution in [0.2, 0.25) is 0 Å². The number of imidazole rings is 1. The molecule has 1 heterocycles. The lowest BCUT2D eigenvalue weighted by Crippen LogP contribution is -2.14. The minimum Gasteiger partial charge on any atom is -0.348 e. The lowest BCUT2D eigenvalue weighted by molar-refractivity contribution is -0.137. The van der Waals surface area contributed by atoms with Gasteiger partial charge in [-0.2, -0.15) is 13.2 Å². The van der Waals surface area contributed by atoms with Crippen molar-refractivity contribution in [1.29, 1.82) is 0 Å². The van der Waals surface area contributed by atoms with Crippen molar-refractivity contribution in [1.82, 2.24) is 15.3 Å². The first-order chi connectivity index (χ1) is 8.97. The van der Waals surface area contributed by atoms with Crippen molar-refractivity contribution in [2.45, 2.75) is 26.2 Å². The predicted octanol–water partition coefficient (Wildman–Crippen LogP) is 3.03. The topological polar surface area (TPSA) is 40.7 Å². The highest BCUT2D eigenvalue weighted by atomic mass is 19.4. The van der Waals surface area contributed by atoms with Gasteiger partial charge in [0.2, 0.25) is 0 Å². The standard InChI is InChI=1S/C13H14F3N3/c1-9-12(19-8-18-9)7-17-6-10-2-4-11(5-3-10)13(14,15)16/h2-5,8,17H,6-7H2,1H3,(H,18,19). The number of aryl methyl sites for hydroxylation is 1. The molecular formula is C13H14F3N3. The van der Waals surface area contributed by atoms with Crippen molar-refractivity contribution < 1.29 is 13.2 Å². The van der Waals surface area contributed by atoms with Crippen molar-refractivity contribution in [3.63, 3.8) is 0 Å². The van der Waals surface area contributed by atoms with E-state index in [1.807, 2.05) is 6.92 Å². The highest BCUT2D eigenvalue weighted by Crippen LogP contribution is 2.29. The van der Waals surface area contributed by atoms with Crippen LogP contribution in [0.5, 0.6) is 0 Å². The molecule has 0 aliphatic rings. The van der Waals surface area contributed by atoms with Crippen LogP contribution in [0, 0.1) is 6.92 Å². The summed E-state index contributed by atoms with van der Waals surface area (Å²) in [5, 5.41) is 3.14. The van der Waals surface area contributed by atoms with E-state index in [0.29, 0.717) is 13.1 Å². The smallest absolute Gasteiger partial charge is 0.348 e. The van der Waals surface area contributed by atoms with Gasteiger partial charge < -0.3 is 10.3 Å². The minimum atomic E-state index is -4.28. The lowest BCUT2D eigenvalue weighted by Gasteiger charge is -2.08. The number of aromatic nitrogens is 2. The molecule has 0 amide bonds. The molecule has 19 heavy (non-hydrogen) atoms. The average molecular weight is 269 g/mol. The first kappa shape index (κ1) is 13.6. The summed E-state index contributed by atoms with van der Waals surface area (Å²) >= 11 is 0. The summed E-state index contributed by atoms with van der Waals surface area (Å²) < 4.78 is 37.1. The molecule has 0 saturated heterocycles. The van der Waals surface area contributed by atoms with Crippen LogP contribution in [0.25, 0.3) is 0 Å². The number of nitrogens with zero attached hydrogens (tertiary/aromatic N) is 1. The van der Waals surface area contributed by atoms with Gasteiger partial charge in [0.05, 0.1) is 17.6 Å². The number of H-pyrrole nitrogens is 1. The van der Waals surface area contributed by atoms with Gasteiger partial charge in [-0.1, -0.05) is 12.1 Å². The maximum Gasteiger partial charge on any atom is 0.416 e. The van der Waals surface area contributed by atoms with E-state index in [4.69, 9.17) is 0 Å². The molecule has 102 valence electrons. The molecule has 0 fully saturated rings. The first-order valence-corrected chi connectivity index (χ1v) is 5.82. The Labute approximate surface area is 108 Å². The molecule has 0 unspecified atom stereocenters. The monoisotopic (exact) mass is 269 g/mol. The van der Waals surface area contributed by atoms with Gasteiger partial charge in [-0.05, 0) is 24.6 Å². The highest BCUT2D eigenvalue weighted by molar-refractivity contribution is 5.24. The molecule has 1 aromatic heterocycles. The summed E-state index contributed by atoms with van der Waals surface area (Å²) in [5.74, 6) is 0. The van der Waals surface area contributed by atoms with Gasteiger partial charge in [0.1, 0.15) is 0 Å². The zero-order chi connectivity index (χ0) is 13.9. The van der Waals surface area contributed by atoms with E-state index in [1.165, 1.54) is 12.1 Å². The zero-order valence-electron chi connectivity index (χ0n) is 10.4. The first-order valence-electron chi connectivity index (χ1n) is 5.82. The van der Waals surface area contributed by atoms with Crippen molar-refractivity contribution in [3.8, 4) is 0 Å². The van der Waals surface area contributed by atoms with Gasteiger partial charge in [-0.25, -0.2) is 4.98 Å². The molecular weight excluding hydrogens is 255 g/mol. The van der Waals surface area contributed by atoms with E-state index in [0.717, 1.165) is 29.1 Å². The Hall–Kier alpha value is -1.82. The van der Waals surface area contributed by atoms with Crippen LogP contribution >= 0.6 is 0 Å². The van der Waals surface area contributed by atoms with E-state index in [2.05, 4.69) is 15.3 Å². The molecule has 3 nitrogen and oxygen atoms in total. The summed E-state index contributed by atoms with van der Waals surface area (Å²) in [6.45, 7) is 3.00. The molecule has 0 aliphatic heterocycles. The second-order valence-electron chi connectivity index (χ2n) is 4.27. The Morgan fingerprint density at radius 2 is 1.84 bits per heavy atom. The fourth-order valence-electron chi connectivity index (χ4n) is 1.70.